The number of benzene rings is 1. The number of aryl methyl sites for hydroxylation is 1. The quantitative estimate of drug-likeness (QED) is 0.716. The van der Waals surface area contributed by atoms with Crippen molar-refractivity contribution in [2.24, 2.45) is 0 Å². The molecule has 0 unspecified atom stereocenters. The Bertz CT molecular complexity index is 656. The van der Waals surface area contributed by atoms with Crippen LogP contribution in [0.4, 0.5) is 0 Å². The highest BCUT2D eigenvalue weighted by Gasteiger charge is 2.14. The fourth-order valence-electron chi connectivity index (χ4n) is 1.29. The van der Waals surface area contributed by atoms with Crippen LogP contribution >= 0.6 is 15.9 Å². The van der Waals surface area contributed by atoms with Crippen LogP contribution in [0, 0.1) is 6.92 Å². The van der Waals surface area contributed by atoms with Gasteiger partial charge in [0, 0.05) is 17.6 Å². The summed E-state index contributed by atoms with van der Waals surface area (Å²) in [5.41, 5.74) is 0.803. The van der Waals surface area contributed by atoms with E-state index < -0.39 is 20.0 Å². The van der Waals surface area contributed by atoms with Gasteiger partial charge >= 0.3 is 0 Å². The number of rotatable bonds is 6. The monoisotopic (exact) mass is 370 g/mol. The summed E-state index contributed by atoms with van der Waals surface area (Å²) in [4.78, 5) is 0.146. The minimum Gasteiger partial charge on any atom is -0.214 e. The third-order valence-corrected chi connectivity index (χ3v) is 5.30. The van der Waals surface area contributed by atoms with Gasteiger partial charge in [0.2, 0.25) is 20.0 Å². The molecule has 0 radical (unpaired) electrons. The van der Waals surface area contributed by atoms with Gasteiger partial charge in [0.05, 0.1) is 11.2 Å². The molecule has 19 heavy (non-hydrogen) atoms. The van der Waals surface area contributed by atoms with Crippen molar-refractivity contribution in [1.29, 1.82) is 0 Å². The highest BCUT2D eigenvalue weighted by Crippen LogP contribution is 2.19. The molecule has 6 nitrogen and oxygen atoms in total. The van der Waals surface area contributed by atoms with Crippen LogP contribution in [0.1, 0.15) is 5.56 Å². The van der Waals surface area contributed by atoms with Crippen molar-refractivity contribution in [1.82, 2.24) is 9.44 Å². The van der Waals surface area contributed by atoms with Crippen LogP contribution in [-0.2, 0) is 20.0 Å². The molecular weight excluding hydrogens is 356 g/mol. The zero-order valence-corrected chi connectivity index (χ0v) is 13.7. The van der Waals surface area contributed by atoms with Gasteiger partial charge in [-0.15, -0.1) is 0 Å². The molecule has 9 heteroatoms. The van der Waals surface area contributed by atoms with Crippen molar-refractivity contribution < 1.29 is 16.8 Å². The first kappa shape index (κ1) is 16.6. The lowest BCUT2D eigenvalue weighted by Crippen LogP contribution is -2.34. The minimum absolute atomic E-state index is 0.00751. The van der Waals surface area contributed by atoms with Crippen molar-refractivity contribution in [3.8, 4) is 0 Å². The summed E-state index contributed by atoms with van der Waals surface area (Å²) in [5, 5.41) is 0. The molecule has 0 aliphatic rings. The normalized spacial score (nSPS) is 12.6. The molecule has 0 atom stereocenters. The standard InChI is InChI=1S/C10H15BrN2O4S2/c1-8-7-9(3-4-10(8)11)19(16,17)13-6-5-12-18(2,14)15/h3-4,7,12-13H,5-6H2,1-2H3. The Hall–Kier alpha value is -0.480. The molecule has 0 saturated carbocycles. The average Bonchev–Trinajstić information content (AvgIpc) is 2.27. The zero-order chi connectivity index (χ0) is 14.7. The molecule has 2 N–H and O–H groups in total. The molecule has 0 heterocycles. The zero-order valence-electron chi connectivity index (χ0n) is 10.5. The van der Waals surface area contributed by atoms with Gasteiger partial charge in [0.1, 0.15) is 0 Å². The molecule has 0 amide bonds. The highest BCUT2D eigenvalue weighted by atomic mass is 79.9. The number of halogens is 1. The van der Waals surface area contributed by atoms with Gasteiger partial charge in [-0.25, -0.2) is 26.3 Å². The number of sulfonamides is 2. The Morgan fingerprint density at radius 2 is 1.68 bits per heavy atom. The third kappa shape index (κ3) is 5.57. The van der Waals surface area contributed by atoms with E-state index in [1.54, 1.807) is 13.0 Å². The molecule has 0 saturated heterocycles. The fraction of sp³-hybridized carbons (Fsp3) is 0.400. The van der Waals surface area contributed by atoms with E-state index in [1.807, 2.05) is 0 Å². The number of nitrogens with one attached hydrogen (secondary N) is 2. The van der Waals surface area contributed by atoms with E-state index >= 15 is 0 Å². The molecule has 1 aromatic rings. The highest BCUT2D eigenvalue weighted by molar-refractivity contribution is 9.10. The predicted octanol–water partition coefficient (Wildman–Crippen LogP) is 0.585. The first-order valence-electron chi connectivity index (χ1n) is 5.32. The van der Waals surface area contributed by atoms with Crippen LogP contribution in [0.5, 0.6) is 0 Å². The molecule has 0 spiro atoms. The Balaban J connectivity index is 2.68. The molecule has 0 aromatic heterocycles. The maximum atomic E-state index is 11.9. The molecular formula is C10H15BrN2O4S2. The number of hydrogen-bond acceptors (Lipinski definition) is 4. The first-order valence-corrected chi connectivity index (χ1v) is 9.49. The van der Waals surface area contributed by atoms with Gasteiger partial charge in [-0.3, -0.25) is 0 Å². The fourth-order valence-corrected chi connectivity index (χ4v) is 3.13. The third-order valence-electron chi connectivity index (χ3n) is 2.22. The molecule has 108 valence electrons. The van der Waals surface area contributed by atoms with E-state index in [-0.39, 0.29) is 18.0 Å². The molecule has 0 aliphatic heterocycles. The minimum atomic E-state index is -3.62. The molecule has 0 aliphatic carbocycles. The average molecular weight is 371 g/mol. The van der Waals surface area contributed by atoms with Crippen molar-refractivity contribution in [2.75, 3.05) is 19.3 Å². The van der Waals surface area contributed by atoms with Crippen molar-refractivity contribution in [3.05, 3.63) is 28.2 Å². The van der Waals surface area contributed by atoms with Gasteiger partial charge in [-0.05, 0) is 30.7 Å². The van der Waals surface area contributed by atoms with E-state index in [0.29, 0.717) is 0 Å². The summed E-state index contributed by atoms with van der Waals surface area (Å²) in [6.45, 7) is 1.78. The van der Waals surface area contributed by atoms with Gasteiger partial charge in [-0.1, -0.05) is 15.9 Å². The maximum Gasteiger partial charge on any atom is 0.240 e. The summed E-state index contributed by atoms with van der Waals surface area (Å²) in [5.74, 6) is 0. The smallest absolute Gasteiger partial charge is 0.214 e. The Morgan fingerprint density at radius 1 is 1.11 bits per heavy atom. The van der Waals surface area contributed by atoms with Crippen LogP contribution in [0.3, 0.4) is 0 Å². The van der Waals surface area contributed by atoms with E-state index in [4.69, 9.17) is 0 Å². The van der Waals surface area contributed by atoms with Crippen LogP contribution < -0.4 is 9.44 Å². The summed E-state index contributed by atoms with van der Waals surface area (Å²) < 4.78 is 50.8. The van der Waals surface area contributed by atoms with Crippen molar-refractivity contribution in [3.63, 3.8) is 0 Å². The lowest BCUT2D eigenvalue weighted by Gasteiger charge is -2.08. The van der Waals surface area contributed by atoms with Crippen molar-refractivity contribution in [2.45, 2.75) is 11.8 Å². The molecule has 1 aromatic carbocycles. The van der Waals surface area contributed by atoms with Gasteiger partial charge in [0.15, 0.2) is 0 Å². The second kappa shape index (κ2) is 6.31. The molecule has 1 rings (SSSR count). The van der Waals surface area contributed by atoms with Gasteiger partial charge in [-0.2, -0.15) is 0 Å². The van der Waals surface area contributed by atoms with E-state index in [2.05, 4.69) is 25.4 Å². The summed E-state index contributed by atoms with van der Waals surface area (Å²) >= 11 is 3.29. The summed E-state index contributed by atoms with van der Waals surface area (Å²) in [6.07, 6.45) is 1.01. The number of hydrogen-bond donors (Lipinski definition) is 2. The van der Waals surface area contributed by atoms with Crippen LogP contribution in [0.15, 0.2) is 27.6 Å². The lowest BCUT2D eigenvalue weighted by molar-refractivity contribution is 0.573. The van der Waals surface area contributed by atoms with E-state index in [0.717, 1.165) is 16.3 Å². The Labute approximate surface area is 121 Å². The maximum absolute atomic E-state index is 11.9. The molecule has 0 fully saturated rings. The first-order chi connectivity index (χ1) is 8.62. The predicted molar refractivity (Wildman–Crippen MR) is 76.9 cm³/mol. The van der Waals surface area contributed by atoms with Crippen LogP contribution in [0.25, 0.3) is 0 Å². The largest absolute Gasteiger partial charge is 0.240 e. The van der Waals surface area contributed by atoms with E-state index in [9.17, 15) is 16.8 Å². The van der Waals surface area contributed by atoms with Gasteiger partial charge < -0.3 is 0 Å². The van der Waals surface area contributed by atoms with Gasteiger partial charge in [0.25, 0.3) is 0 Å². The SMILES string of the molecule is Cc1cc(S(=O)(=O)NCCNS(C)(=O)=O)ccc1Br. The Kier molecular flexibility index (Phi) is 5.51. The topological polar surface area (TPSA) is 92.3 Å². The Morgan fingerprint density at radius 3 is 2.21 bits per heavy atom. The van der Waals surface area contributed by atoms with Crippen LogP contribution in [-0.4, -0.2) is 36.2 Å². The van der Waals surface area contributed by atoms with Crippen molar-refractivity contribution >= 4 is 36.0 Å². The summed E-state index contributed by atoms with van der Waals surface area (Å²) in [7, 11) is -6.93. The summed E-state index contributed by atoms with van der Waals surface area (Å²) in [6, 6.07) is 4.67. The second-order valence-electron chi connectivity index (χ2n) is 3.98. The molecule has 0 bridgehead atoms. The lowest BCUT2D eigenvalue weighted by atomic mass is 10.2. The van der Waals surface area contributed by atoms with Crippen LogP contribution in [0.2, 0.25) is 0 Å². The van der Waals surface area contributed by atoms with E-state index in [1.165, 1.54) is 12.1 Å². The second-order valence-corrected chi connectivity index (χ2v) is 8.43.